The van der Waals surface area contributed by atoms with Crippen LogP contribution in [0.15, 0.2) is 34.7 Å². The van der Waals surface area contributed by atoms with Crippen LogP contribution in [-0.2, 0) is 4.79 Å². The molecule has 0 atom stereocenters. The van der Waals surface area contributed by atoms with Crippen molar-refractivity contribution in [1.29, 1.82) is 0 Å². The Kier molecular flexibility index (Phi) is 6.24. The van der Waals surface area contributed by atoms with E-state index in [0.29, 0.717) is 27.1 Å². The van der Waals surface area contributed by atoms with E-state index in [4.69, 9.17) is 0 Å². The normalized spacial score (nSPS) is 13.4. The number of thioether (sulfide) groups is 1. The number of carbonyl (C=O) groups excluding carboxylic acids is 2. The van der Waals surface area contributed by atoms with E-state index in [0.717, 1.165) is 24.2 Å². The minimum absolute atomic E-state index is 0.0267. The molecular formula is C22H23FN4O2S2. The van der Waals surface area contributed by atoms with Gasteiger partial charge in [-0.15, -0.1) is 10.2 Å². The number of hydrogen-bond donors (Lipinski definition) is 0. The maximum Gasteiger partial charge on any atom is 0.228 e. The molecule has 31 heavy (non-hydrogen) atoms. The largest absolute Gasteiger partial charge is 0.318 e. The Morgan fingerprint density at radius 1 is 1.26 bits per heavy atom. The highest BCUT2D eigenvalue weighted by Gasteiger charge is 2.35. The van der Waals surface area contributed by atoms with Crippen LogP contribution in [0.5, 0.6) is 0 Å². The second-order valence-corrected chi connectivity index (χ2v) is 9.69. The third kappa shape index (κ3) is 4.57. The van der Waals surface area contributed by atoms with Crippen molar-refractivity contribution < 1.29 is 14.0 Å². The number of Topliss-reactive ketones (excluding diaryl/α,β-unsaturated/α-hetero) is 1. The van der Waals surface area contributed by atoms with Crippen molar-refractivity contribution in [2.75, 3.05) is 10.7 Å². The standard InChI is InChI=1S/C22H23FN4O2S2/c1-4-20(29)27(16-8-9-16)21-24-25-22(31-21)30-12-19(28)18-10-13(2)26(14(18)3)17-7-5-6-15(23)11-17/h5-7,10-11,16H,4,8-9,12H2,1-3H3. The van der Waals surface area contributed by atoms with Crippen molar-refractivity contribution >= 4 is 39.9 Å². The zero-order chi connectivity index (χ0) is 22.1. The van der Waals surface area contributed by atoms with Crippen molar-refractivity contribution in [1.82, 2.24) is 14.8 Å². The van der Waals surface area contributed by atoms with Crippen molar-refractivity contribution in [2.45, 2.75) is 50.4 Å². The van der Waals surface area contributed by atoms with Crippen LogP contribution in [0.4, 0.5) is 9.52 Å². The number of halogens is 1. The van der Waals surface area contributed by atoms with Crippen LogP contribution >= 0.6 is 23.1 Å². The highest BCUT2D eigenvalue weighted by Crippen LogP contribution is 2.36. The molecule has 1 amide bonds. The molecule has 4 rings (SSSR count). The number of aryl methyl sites for hydroxylation is 1. The van der Waals surface area contributed by atoms with Gasteiger partial charge >= 0.3 is 0 Å². The summed E-state index contributed by atoms with van der Waals surface area (Å²) in [6, 6.07) is 8.39. The lowest BCUT2D eigenvalue weighted by Gasteiger charge is -2.17. The molecule has 1 saturated carbocycles. The quantitative estimate of drug-likeness (QED) is 0.271. The second kappa shape index (κ2) is 8.92. The van der Waals surface area contributed by atoms with E-state index in [1.165, 1.54) is 35.2 Å². The summed E-state index contributed by atoms with van der Waals surface area (Å²) in [5.74, 6) is -0.0766. The number of carbonyl (C=O) groups is 2. The molecule has 1 fully saturated rings. The van der Waals surface area contributed by atoms with Crippen molar-refractivity contribution in [2.24, 2.45) is 0 Å². The van der Waals surface area contributed by atoms with Crippen LogP contribution in [0.2, 0.25) is 0 Å². The fraction of sp³-hybridized carbons (Fsp3) is 0.364. The fourth-order valence-corrected chi connectivity index (χ4v) is 5.40. The number of amides is 1. The van der Waals surface area contributed by atoms with Crippen LogP contribution in [-0.4, -0.2) is 38.2 Å². The molecule has 0 aliphatic heterocycles. The van der Waals surface area contributed by atoms with Crippen LogP contribution in [0.3, 0.4) is 0 Å². The maximum absolute atomic E-state index is 13.7. The number of hydrogen-bond acceptors (Lipinski definition) is 6. The Balaban J connectivity index is 1.47. The summed E-state index contributed by atoms with van der Waals surface area (Å²) in [7, 11) is 0. The molecule has 0 N–H and O–H groups in total. The zero-order valence-corrected chi connectivity index (χ0v) is 19.2. The maximum atomic E-state index is 13.7. The lowest BCUT2D eigenvalue weighted by Crippen LogP contribution is -2.32. The summed E-state index contributed by atoms with van der Waals surface area (Å²) >= 11 is 2.67. The molecule has 2 aromatic heterocycles. The molecule has 1 aliphatic rings. The van der Waals surface area contributed by atoms with E-state index in [2.05, 4.69) is 10.2 Å². The highest BCUT2D eigenvalue weighted by atomic mass is 32.2. The van der Waals surface area contributed by atoms with Crippen LogP contribution in [0.1, 0.15) is 47.9 Å². The van der Waals surface area contributed by atoms with Gasteiger partial charge in [-0.05, 0) is 51.0 Å². The lowest BCUT2D eigenvalue weighted by atomic mass is 10.2. The number of nitrogens with zero attached hydrogens (tertiary/aromatic N) is 4. The van der Waals surface area contributed by atoms with E-state index in [-0.39, 0.29) is 29.3 Å². The summed E-state index contributed by atoms with van der Waals surface area (Å²) in [4.78, 5) is 26.9. The Labute approximate surface area is 188 Å². The Morgan fingerprint density at radius 3 is 2.71 bits per heavy atom. The van der Waals surface area contributed by atoms with Crippen molar-refractivity contribution in [3.8, 4) is 5.69 Å². The summed E-state index contributed by atoms with van der Waals surface area (Å²) in [6.45, 7) is 5.60. The number of benzene rings is 1. The van der Waals surface area contributed by atoms with Crippen molar-refractivity contribution in [3.63, 3.8) is 0 Å². The van der Waals surface area contributed by atoms with E-state index >= 15 is 0 Å². The molecule has 0 unspecified atom stereocenters. The first-order valence-corrected chi connectivity index (χ1v) is 12.0. The van der Waals surface area contributed by atoms with E-state index in [9.17, 15) is 14.0 Å². The molecular weight excluding hydrogens is 435 g/mol. The van der Waals surface area contributed by atoms with E-state index < -0.39 is 0 Å². The predicted molar refractivity (Wildman–Crippen MR) is 121 cm³/mol. The molecule has 0 spiro atoms. The molecule has 1 aliphatic carbocycles. The second-order valence-electron chi connectivity index (χ2n) is 7.51. The van der Waals surface area contributed by atoms with Gasteiger partial charge in [0.2, 0.25) is 11.0 Å². The first-order valence-electron chi connectivity index (χ1n) is 10.2. The average molecular weight is 459 g/mol. The SMILES string of the molecule is CCC(=O)N(c1nnc(SCC(=O)c2cc(C)n(-c3cccc(F)c3)c2C)s1)C1CC1. The molecule has 162 valence electrons. The minimum Gasteiger partial charge on any atom is -0.318 e. The molecule has 0 saturated heterocycles. The Bertz CT molecular complexity index is 1140. The summed E-state index contributed by atoms with van der Waals surface area (Å²) in [5.41, 5.74) is 2.95. The van der Waals surface area contributed by atoms with Gasteiger partial charge in [-0.2, -0.15) is 0 Å². The number of aromatic nitrogens is 3. The fourth-order valence-electron chi connectivity index (χ4n) is 3.59. The van der Waals surface area contributed by atoms with E-state index in [1.54, 1.807) is 11.0 Å². The molecule has 6 nitrogen and oxygen atoms in total. The average Bonchev–Trinajstić information content (AvgIpc) is 3.38. The molecule has 0 bridgehead atoms. The van der Waals surface area contributed by atoms with Gasteiger partial charge in [0.15, 0.2) is 10.1 Å². The van der Waals surface area contributed by atoms with Gasteiger partial charge in [0.25, 0.3) is 0 Å². The van der Waals surface area contributed by atoms with Gasteiger partial charge in [0.1, 0.15) is 5.82 Å². The summed E-state index contributed by atoms with van der Waals surface area (Å²) in [6.07, 6.45) is 2.42. The molecule has 9 heteroatoms. The molecule has 0 radical (unpaired) electrons. The van der Waals surface area contributed by atoms with Gasteiger partial charge in [0, 0.05) is 35.1 Å². The van der Waals surface area contributed by atoms with Crippen LogP contribution in [0.25, 0.3) is 5.69 Å². The van der Waals surface area contributed by atoms with Crippen LogP contribution < -0.4 is 4.90 Å². The van der Waals surface area contributed by atoms with Gasteiger partial charge in [0.05, 0.1) is 5.75 Å². The smallest absolute Gasteiger partial charge is 0.228 e. The minimum atomic E-state index is -0.317. The molecule has 2 heterocycles. The summed E-state index contributed by atoms with van der Waals surface area (Å²) in [5, 5.41) is 8.96. The monoisotopic (exact) mass is 458 g/mol. The van der Waals surface area contributed by atoms with Gasteiger partial charge in [-0.1, -0.05) is 36.1 Å². The molecule has 3 aromatic rings. The third-order valence-electron chi connectivity index (χ3n) is 5.21. The zero-order valence-electron chi connectivity index (χ0n) is 17.6. The van der Waals surface area contributed by atoms with Gasteiger partial charge in [-0.25, -0.2) is 4.39 Å². The topological polar surface area (TPSA) is 68.1 Å². The molecule has 1 aromatic carbocycles. The predicted octanol–water partition coefficient (Wildman–Crippen LogP) is 4.97. The Morgan fingerprint density at radius 2 is 2.03 bits per heavy atom. The number of anilines is 1. The first-order chi connectivity index (χ1) is 14.9. The Hall–Kier alpha value is -2.52. The number of rotatable bonds is 8. The van der Waals surface area contributed by atoms with Gasteiger partial charge in [-0.3, -0.25) is 14.5 Å². The highest BCUT2D eigenvalue weighted by molar-refractivity contribution is 8.01. The van der Waals surface area contributed by atoms with Crippen molar-refractivity contribution in [3.05, 3.63) is 53.1 Å². The van der Waals surface area contributed by atoms with Gasteiger partial charge < -0.3 is 4.57 Å². The van der Waals surface area contributed by atoms with Crippen LogP contribution in [0, 0.1) is 19.7 Å². The van der Waals surface area contributed by atoms with E-state index in [1.807, 2.05) is 37.5 Å². The number of ketones is 1. The summed E-state index contributed by atoms with van der Waals surface area (Å²) < 4.78 is 16.2. The lowest BCUT2D eigenvalue weighted by molar-refractivity contribution is -0.118. The third-order valence-corrected chi connectivity index (χ3v) is 7.27. The first kappa shape index (κ1) is 21.7.